The molecule has 7 heteroatoms. The van der Waals surface area contributed by atoms with Crippen molar-refractivity contribution in [3.8, 4) is 17.3 Å². The number of piperidine rings is 1. The quantitative estimate of drug-likeness (QED) is 0.594. The van der Waals surface area contributed by atoms with Crippen molar-refractivity contribution in [2.45, 2.75) is 18.9 Å². The van der Waals surface area contributed by atoms with Crippen molar-refractivity contribution in [3.63, 3.8) is 0 Å². The Morgan fingerprint density at radius 3 is 2.75 bits per heavy atom. The number of pyridine rings is 2. The molecule has 2 N–H and O–H groups in total. The molecule has 0 aliphatic carbocycles. The van der Waals surface area contributed by atoms with Crippen LogP contribution in [0.2, 0.25) is 0 Å². The fourth-order valence-electron chi connectivity index (χ4n) is 3.83. The summed E-state index contributed by atoms with van der Waals surface area (Å²) in [4.78, 5) is 7.36. The highest BCUT2D eigenvalue weighted by atomic mass is 16.5. The minimum atomic E-state index is 0.300. The van der Waals surface area contributed by atoms with Crippen molar-refractivity contribution in [1.29, 1.82) is 0 Å². The maximum absolute atomic E-state index is 6.08. The molecule has 3 aromatic heterocycles. The number of hydrogen-bond acceptors (Lipinski definition) is 6. The molecule has 1 aliphatic heterocycles. The normalized spacial score (nSPS) is 15.4. The van der Waals surface area contributed by atoms with Crippen LogP contribution in [-0.4, -0.2) is 45.8 Å². The third kappa shape index (κ3) is 2.84. The lowest BCUT2D eigenvalue weighted by atomic mass is 10.0. The van der Waals surface area contributed by atoms with Crippen LogP contribution in [0.15, 0.2) is 48.7 Å². The summed E-state index contributed by atoms with van der Waals surface area (Å²) in [6.45, 7) is 1.92. The molecule has 0 atom stereocenters. The minimum Gasteiger partial charge on any atom is -0.497 e. The summed E-state index contributed by atoms with van der Waals surface area (Å²) in [5.41, 5.74) is 9.75. The SMILES string of the molecule is COc1ccn2c(-c3ccc4cccc(N5CCC(N)CC5)c4n3)nnc2c1. The Kier molecular flexibility index (Phi) is 4.09. The second-order valence-electron chi connectivity index (χ2n) is 7.19. The minimum absolute atomic E-state index is 0.300. The second-order valence-corrected chi connectivity index (χ2v) is 7.19. The van der Waals surface area contributed by atoms with Gasteiger partial charge in [-0.25, -0.2) is 4.98 Å². The van der Waals surface area contributed by atoms with Gasteiger partial charge in [0.25, 0.3) is 0 Å². The van der Waals surface area contributed by atoms with Crippen LogP contribution < -0.4 is 15.4 Å². The molecular formula is C21H22N6O. The predicted octanol–water partition coefficient (Wildman–Crippen LogP) is 2.88. The van der Waals surface area contributed by atoms with Gasteiger partial charge in [-0.3, -0.25) is 4.40 Å². The van der Waals surface area contributed by atoms with Crippen LogP contribution in [0.4, 0.5) is 5.69 Å². The van der Waals surface area contributed by atoms with E-state index in [1.54, 1.807) is 7.11 Å². The molecule has 4 aromatic rings. The molecule has 1 fully saturated rings. The van der Waals surface area contributed by atoms with Gasteiger partial charge >= 0.3 is 0 Å². The number of para-hydroxylation sites is 1. The highest BCUT2D eigenvalue weighted by molar-refractivity contribution is 5.92. The van der Waals surface area contributed by atoms with E-state index in [0.29, 0.717) is 6.04 Å². The molecule has 142 valence electrons. The number of benzene rings is 1. The molecule has 1 aromatic carbocycles. The zero-order valence-corrected chi connectivity index (χ0v) is 15.7. The van der Waals surface area contributed by atoms with E-state index in [9.17, 15) is 0 Å². The first-order chi connectivity index (χ1) is 13.7. The highest BCUT2D eigenvalue weighted by Gasteiger charge is 2.19. The van der Waals surface area contributed by atoms with Gasteiger partial charge in [-0.2, -0.15) is 0 Å². The van der Waals surface area contributed by atoms with E-state index in [0.717, 1.165) is 65.4 Å². The molecule has 1 saturated heterocycles. The van der Waals surface area contributed by atoms with E-state index >= 15 is 0 Å². The number of nitrogens with zero attached hydrogens (tertiary/aromatic N) is 5. The Morgan fingerprint density at radius 1 is 1.07 bits per heavy atom. The smallest absolute Gasteiger partial charge is 0.187 e. The summed E-state index contributed by atoms with van der Waals surface area (Å²) in [5.74, 6) is 1.47. The Morgan fingerprint density at radius 2 is 1.93 bits per heavy atom. The number of nitrogens with two attached hydrogens (primary N) is 1. The number of aromatic nitrogens is 4. The van der Waals surface area contributed by atoms with Gasteiger partial charge < -0.3 is 15.4 Å². The monoisotopic (exact) mass is 374 g/mol. The van der Waals surface area contributed by atoms with Gasteiger partial charge in [0, 0.05) is 36.8 Å². The summed E-state index contributed by atoms with van der Waals surface area (Å²) in [7, 11) is 1.64. The zero-order valence-electron chi connectivity index (χ0n) is 15.7. The average Bonchev–Trinajstić information content (AvgIpc) is 3.16. The lowest BCUT2D eigenvalue weighted by Crippen LogP contribution is -2.39. The van der Waals surface area contributed by atoms with E-state index in [1.807, 2.05) is 28.8 Å². The predicted molar refractivity (Wildman–Crippen MR) is 110 cm³/mol. The number of rotatable bonds is 3. The highest BCUT2D eigenvalue weighted by Crippen LogP contribution is 2.30. The molecule has 28 heavy (non-hydrogen) atoms. The molecule has 0 spiro atoms. The first-order valence-electron chi connectivity index (χ1n) is 9.52. The van der Waals surface area contributed by atoms with Crippen LogP contribution in [-0.2, 0) is 0 Å². The summed E-state index contributed by atoms with van der Waals surface area (Å²) >= 11 is 0. The van der Waals surface area contributed by atoms with Gasteiger partial charge in [0.2, 0.25) is 0 Å². The molecule has 0 saturated carbocycles. The first kappa shape index (κ1) is 16.9. The Balaban J connectivity index is 1.61. The van der Waals surface area contributed by atoms with E-state index in [4.69, 9.17) is 15.5 Å². The van der Waals surface area contributed by atoms with Gasteiger partial charge in [0.15, 0.2) is 11.5 Å². The van der Waals surface area contributed by atoms with E-state index < -0.39 is 0 Å². The fraction of sp³-hybridized carbons (Fsp3) is 0.286. The average molecular weight is 374 g/mol. The third-order valence-corrected chi connectivity index (χ3v) is 5.43. The Bertz CT molecular complexity index is 1150. The molecule has 5 rings (SSSR count). The van der Waals surface area contributed by atoms with Gasteiger partial charge in [-0.1, -0.05) is 18.2 Å². The zero-order chi connectivity index (χ0) is 19.1. The molecule has 0 radical (unpaired) electrons. The summed E-state index contributed by atoms with van der Waals surface area (Å²) in [5, 5.41) is 9.75. The third-order valence-electron chi connectivity index (χ3n) is 5.43. The lowest BCUT2D eigenvalue weighted by molar-refractivity contribution is 0.414. The van der Waals surface area contributed by atoms with E-state index in [-0.39, 0.29) is 0 Å². The van der Waals surface area contributed by atoms with Crippen molar-refractivity contribution >= 4 is 22.2 Å². The van der Waals surface area contributed by atoms with Crippen LogP contribution >= 0.6 is 0 Å². The summed E-state index contributed by atoms with van der Waals surface area (Å²) in [6, 6.07) is 14.5. The molecule has 4 heterocycles. The Hall–Kier alpha value is -3.19. The molecular weight excluding hydrogens is 352 g/mol. The van der Waals surface area contributed by atoms with Crippen molar-refractivity contribution in [2.24, 2.45) is 5.73 Å². The number of ether oxygens (including phenoxy) is 1. The van der Waals surface area contributed by atoms with Crippen LogP contribution in [0.5, 0.6) is 5.75 Å². The van der Waals surface area contributed by atoms with Gasteiger partial charge in [0.05, 0.1) is 18.3 Å². The lowest BCUT2D eigenvalue weighted by Gasteiger charge is -2.32. The summed E-state index contributed by atoms with van der Waals surface area (Å²) < 4.78 is 7.20. The first-order valence-corrected chi connectivity index (χ1v) is 9.52. The standard InChI is InChI=1S/C21H22N6O/c1-28-16-9-12-27-19(13-16)24-25-21(27)17-6-5-14-3-2-4-18(20(14)23-17)26-10-7-15(22)8-11-26/h2-6,9,12-13,15H,7-8,10-11,22H2,1H3. The van der Waals surface area contributed by atoms with Crippen LogP contribution in [0.25, 0.3) is 28.1 Å². The molecule has 1 aliphatic rings. The van der Waals surface area contributed by atoms with Crippen LogP contribution in [0.1, 0.15) is 12.8 Å². The number of fused-ring (bicyclic) bond motifs is 2. The van der Waals surface area contributed by atoms with Crippen molar-refractivity contribution in [2.75, 3.05) is 25.1 Å². The summed E-state index contributed by atoms with van der Waals surface area (Å²) in [6.07, 6.45) is 3.92. The van der Waals surface area contributed by atoms with Crippen LogP contribution in [0, 0.1) is 0 Å². The van der Waals surface area contributed by atoms with Gasteiger partial charge in [-0.05, 0) is 31.0 Å². The molecule has 0 amide bonds. The number of hydrogen-bond donors (Lipinski definition) is 1. The largest absolute Gasteiger partial charge is 0.497 e. The maximum Gasteiger partial charge on any atom is 0.187 e. The Labute approximate surface area is 162 Å². The van der Waals surface area contributed by atoms with E-state index in [2.05, 4.69) is 39.4 Å². The fourth-order valence-corrected chi connectivity index (χ4v) is 3.83. The molecule has 7 nitrogen and oxygen atoms in total. The van der Waals surface area contributed by atoms with Crippen molar-refractivity contribution in [3.05, 3.63) is 48.7 Å². The van der Waals surface area contributed by atoms with Crippen LogP contribution in [0.3, 0.4) is 0 Å². The number of anilines is 1. The van der Waals surface area contributed by atoms with E-state index in [1.165, 1.54) is 0 Å². The van der Waals surface area contributed by atoms with Gasteiger partial charge in [-0.15, -0.1) is 10.2 Å². The topological polar surface area (TPSA) is 81.6 Å². The molecule has 0 unspecified atom stereocenters. The molecule has 0 bridgehead atoms. The maximum atomic E-state index is 6.08. The second kappa shape index (κ2) is 6.76. The van der Waals surface area contributed by atoms with Crippen molar-refractivity contribution < 1.29 is 4.74 Å². The van der Waals surface area contributed by atoms with Crippen molar-refractivity contribution in [1.82, 2.24) is 19.6 Å². The number of methoxy groups -OCH3 is 1. The van der Waals surface area contributed by atoms with Gasteiger partial charge in [0.1, 0.15) is 11.4 Å².